The molecular weight excluding hydrogens is 256 g/mol. The van der Waals surface area contributed by atoms with Crippen LogP contribution < -0.4 is 0 Å². The van der Waals surface area contributed by atoms with Gasteiger partial charge in [0, 0.05) is 33.1 Å². The molecule has 1 rings (SSSR count). The Hall–Kier alpha value is -0.660. The van der Waals surface area contributed by atoms with Crippen LogP contribution in [0.25, 0.3) is 0 Å². The minimum Gasteiger partial charge on any atom is -0.481 e. The van der Waals surface area contributed by atoms with Crippen LogP contribution >= 0.6 is 0 Å². The Morgan fingerprint density at radius 1 is 1.50 bits per heavy atom. The standard InChI is InChI=1S/C11H22N2O4S/c1-10-5-3-8-13(9-10)18(16,17)12(2)7-4-6-11(14)15/h10H,3-9H2,1-2H3,(H,14,15). The molecule has 106 valence electrons. The first-order valence-corrected chi connectivity index (χ1v) is 7.67. The Balaban J connectivity index is 2.53. The molecule has 1 saturated heterocycles. The van der Waals surface area contributed by atoms with Crippen molar-refractivity contribution in [3.05, 3.63) is 0 Å². The number of carboxylic acids is 1. The lowest BCUT2D eigenvalue weighted by Crippen LogP contribution is -2.46. The lowest BCUT2D eigenvalue weighted by atomic mass is 10.0. The van der Waals surface area contributed by atoms with Crippen LogP contribution in [0.15, 0.2) is 0 Å². The SMILES string of the molecule is CC1CCCN(S(=O)(=O)N(C)CCCC(=O)O)C1. The molecule has 7 heteroatoms. The summed E-state index contributed by atoms with van der Waals surface area (Å²) >= 11 is 0. The number of carbonyl (C=O) groups is 1. The van der Waals surface area contributed by atoms with Crippen LogP contribution in [0.3, 0.4) is 0 Å². The van der Waals surface area contributed by atoms with Gasteiger partial charge in [-0.2, -0.15) is 17.0 Å². The highest BCUT2D eigenvalue weighted by atomic mass is 32.2. The summed E-state index contributed by atoms with van der Waals surface area (Å²) in [5, 5.41) is 8.53. The molecule has 1 fully saturated rings. The summed E-state index contributed by atoms with van der Waals surface area (Å²) in [6, 6.07) is 0. The number of aliphatic carboxylic acids is 1. The topological polar surface area (TPSA) is 77.9 Å². The molecule has 0 spiro atoms. The Labute approximate surface area is 109 Å². The maximum Gasteiger partial charge on any atom is 0.303 e. The molecule has 0 aromatic rings. The highest BCUT2D eigenvalue weighted by Crippen LogP contribution is 2.20. The minimum absolute atomic E-state index is 0.00371. The molecule has 0 aromatic carbocycles. The Bertz CT molecular complexity index is 383. The van der Waals surface area contributed by atoms with E-state index in [-0.39, 0.29) is 13.0 Å². The van der Waals surface area contributed by atoms with Crippen LogP contribution in [-0.2, 0) is 15.0 Å². The van der Waals surface area contributed by atoms with E-state index in [0.717, 1.165) is 12.8 Å². The van der Waals surface area contributed by atoms with E-state index in [4.69, 9.17) is 5.11 Å². The molecule has 1 unspecified atom stereocenters. The van der Waals surface area contributed by atoms with Gasteiger partial charge in [0.15, 0.2) is 0 Å². The van der Waals surface area contributed by atoms with E-state index in [0.29, 0.717) is 25.4 Å². The average molecular weight is 278 g/mol. The summed E-state index contributed by atoms with van der Waals surface area (Å²) < 4.78 is 27.2. The average Bonchev–Trinajstić information content (AvgIpc) is 2.28. The van der Waals surface area contributed by atoms with Gasteiger partial charge < -0.3 is 5.11 Å². The first-order valence-electron chi connectivity index (χ1n) is 6.27. The molecule has 0 saturated carbocycles. The minimum atomic E-state index is -3.42. The fourth-order valence-electron chi connectivity index (χ4n) is 2.12. The van der Waals surface area contributed by atoms with E-state index in [1.165, 1.54) is 15.7 Å². The Kier molecular flexibility index (Phi) is 5.55. The normalized spacial score (nSPS) is 22.3. The maximum absolute atomic E-state index is 12.2. The second-order valence-electron chi connectivity index (χ2n) is 4.93. The summed E-state index contributed by atoms with van der Waals surface area (Å²) in [6.45, 7) is 3.42. The molecule has 1 aliphatic rings. The highest BCUT2D eigenvalue weighted by molar-refractivity contribution is 7.86. The number of hydrogen-bond donors (Lipinski definition) is 1. The summed E-state index contributed by atoms with van der Waals surface area (Å²) in [4.78, 5) is 10.4. The van der Waals surface area contributed by atoms with Crippen molar-refractivity contribution in [2.24, 2.45) is 5.92 Å². The maximum atomic E-state index is 12.2. The first kappa shape index (κ1) is 15.4. The van der Waals surface area contributed by atoms with Crippen molar-refractivity contribution in [3.63, 3.8) is 0 Å². The van der Waals surface area contributed by atoms with Crippen LogP contribution in [0, 0.1) is 5.92 Å². The lowest BCUT2D eigenvalue weighted by molar-refractivity contribution is -0.137. The zero-order valence-electron chi connectivity index (χ0n) is 11.0. The van der Waals surface area contributed by atoms with Crippen molar-refractivity contribution >= 4 is 16.2 Å². The molecule has 1 aliphatic heterocycles. The van der Waals surface area contributed by atoms with E-state index in [2.05, 4.69) is 0 Å². The number of piperidine rings is 1. The summed E-state index contributed by atoms with van der Waals surface area (Å²) in [5.74, 6) is -0.506. The number of rotatable bonds is 6. The van der Waals surface area contributed by atoms with Gasteiger partial charge in [-0.15, -0.1) is 0 Å². The van der Waals surface area contributed by atoms with Crippen LogP contribution in [0.5, 0.6) is 0 Å². The van der Waals surface area contributed by atoms with E-state index in [1.807, 2.05) is 6.92 Å². The van der Waals surface area contributed by atoms with Crippen molar-refractivity contribution in [1.29, 1.82) is 0 Å². The van der Waals surface area contributed by atoms with Gasteiger partial charge >= 0.3 is 5.97 Å². The predicted octanol–water partition coefficient (Wildman–Crippen LogP) is 0.760. The fourth-order valence-corrected chi connectivity index (χ4v) is 3.68. The van der Waals surface area contributed by atoms with Crippen LogP contribution in [0.1, 0.15) is 32.6 Å². The van der Waals surface area contributed by atoms with Crippen molar-refractivity contribution in [3.8, 4) is 0 Å². The van der Waals surface area contributed by atoms with Gasteiger partial charge in [-0.3, -0.25) is 4.79 Å². The third-order valence-corrected chi connectivity index (χ3v) is 5.16. The smallest absolute Gasteiger partial charge is 0.303 e. The molecule has 1 atom stereocenters. The van der Waals surface area contributed by atoms with E-state index < -0.39 is 16.2 Å². The zero-order valence-corrected chi connectivity index (χ0v) is 11.8. The van der Waals surface area contributed by atoms with Gasteiger partial charge in [-0.1, -0.05) is 6.92 Å². The monoisotopic (exact) mass is 278 g/mol. The molecule has 6 nitrogen and oxygen atoms in total. The van der Waals surface area contributed by atoms with Crippen molar-refractivity contribution in [2.45, 2.75) is 32.6 Å². The van der Waals surface area contributed by atoms with Crippen molar-refractivity contribution < 1.29 is 18.3 Å². The third kappa shape index (κ3) is 4.22. The fraction of sp³-hybridized carbons (Fsp3) is 0.909. The second kappa shape index (κ2) is 6.49. The molecule has 0 radical (unpaired) electrons. The Morgan fingerprint density at radius 3 is 2.72 bits per heavy atom. The van der Waals surface area contributed by atoms with Crippen LogP contribution in [-0.4, -0.2) is 54.8 Å². The molecule has 1 N–H and O–H groups in total. The third-order valence-electron chi connectivity index (χ3n) is 3.20. The van der Waals surface area contributed by atoms with Crippen LogP contribution in [0.2, 0.25) is 0 Å². The lowest BCUT2D eigenvalue weighted by Gasteiger charge is -2.33. The number of nitrogens with zero attached hydrogens (tertiary/aromatic N) is 2. The predicted molar refractivity (Wildman–Crippen MR) is 68.4 cm³/mol. The molecular formula is C11H22N2O4S. The van der Waals surface area contributed by atoms with Crippen LogP contribution in [0.4, 0.5) is 0 Å². The molecule has 1 heterocycles. The first-order chi connectivity index (χ1) is 8.34. The van der Waals surface area contributed by atoms with Gasteiger partial charge in [0.25, 0.3) is 10.2 Å². The number of carboxylic acid groups (broad SMARTS) is 1. The van der Waals surface area contributed by atoms with Gasteiger partial charge in [-0.25, -0.2) is 0 Å². The molecule has 0 aliphatic carbocycles. The van der Waals surface area contributed by atoms with Gasteiger partial charge in [0.05, 0.1) is 0 Å². The van der Waals surface area contributed by atoms with Crippen molar-refractivity contribution in [2.75, 3.05) is 26.7 Å². The van der Waals surface area contributed by atoms with Gasteiger partial charge in [-0.05, 0) is 25.2 Å². The molecule has 18 heavy (non-hydrogen) atoms. The van der Waals surface area contributed by atoms with E-state index in [1.54, 1.807) is 0 Å². The van der Waals surface area contributed by atoms with Gasteiger partial charge in [0.2, 0.25) is 0 Å². The summed E-state index contributed by atoms with van der Waals surface area (Å²) in [6.07, 6.45) is 2.29. The number of hydrogen-bond acceptors (Lipinski definition) is 3. The van der Waals surface area contributed by atoms with Gasteiger partial charge in [0.1, 0.15) is 0 Å². The summed E-state index contributed by atoms with van der Waals surface area (Å²) in [5.41, 5.74) is 0. The largest absolute Gasteiger partial charge is 0.481 e. The molecule has 0 aromatic heterocycles. The molecule has 0 bridgehead atoms. The second-order valence-corrected chi connectivity index (χ2v) is 6.97. The Morgan fingerprint density at radius 2 is 2.17 bits per heavy atom. The molecule has 0 amide bonds. The highest BCUT2D eigenvalue weighted by Gasteiger charge is 2.30. The quantitative estimate of drug-likeness (QED) is 0.778. The zero-order chi connectivity index (χ0) is 13.8. The van der Waals surface area contributed by atoms with Crippen molar-refractivity contribution in [1.82, 2.24) is 8.61 Å². The summed E-state index contributed by atoms with van der Waals surface area (Å²) in [7, 11) is -1.91. The van der Waals surface area contributed by atoms with E-state index >= 15 is 0 Å². The van der Waals surface area contributed by atoms with E-state index in [9.17, 15) is 13.2 Å².